The number of sulfonamides is 1. The van der Waals surface area contributed by atoms with Gasteiger partial charge in [-0.2, -0.15) is 0 Å². The van der Waals surface area contributed by atoms with E-state index in [0.29, 0.717) is 5.56 Å². The normalized spacial score (nSPS) is 23.8. The number of aliphatic hydroxyl groups is 1. The van der Waals surface area contributed by atoms with Crippen LogP contribution in [-0.4, -0.2) is 76.2 Å². The Balaban J connectivity index is 2.58. The van der Waals surface area contributed by atoms with Crippen molar-refractivity contribution in [2.45, 2.75) is 24.0 Å². The van der Waals surface area contributed by atoms with Crippen molar-refractivity contribution in [2.75, 3.05) is 32.7 Å². The summed E-state index contributed by atoms with van der Waals surface area (Å²) in [6, 6.07) is 3.63. The van der Waals surface area contributed by atoms with E-state index >= 15 is 0 Å². The number of benzene rings is 1. The second-order valence-corrected chi connectivity index (χ2v) is 9.91. The van der Waals surface area contributed by atoms with Crippen molar-refractivity contribution in [3.8, 4) is 5.75 Å². The number of ether oxygens (including phenoxy) is 1. The third-order valence-corrected chi connectivity index (χ3v) is 7.48. The van der Waals surface area contributed by atoms with Crippen LogP contribution in [0.1, 0.15) is 5.56 Å². The molecule has 1 aromatic carbocycles. The van der Waals surface area contributed by atoms with Gasteiger partial charge >= 0.3 is 0 Å². The molecule has 136 valence electrons. The molecular formula is C14H22N2O6S2. The Morgan fingerprint density at radius 1 is 1.25 bits per heavy atom. The van der Waals surface area contributed by atoms with Gasteiger partial charge in [-0.3, -0.25) is 0 Å². The van der Waals surface area contributed by atoms with Crippen LogP contribution < -0.4 is 4.74 Å². The fourth-order valence-corrected chi connectivity index (χ4v) is 6.60. The Hall–Kier alpha value is -1.20. The van der Waals surface area contributed by atoms with Crippen LogP contribution in [0.15, 0.2) is 23.1 Å². The van der Waals surface area contributed by atoms with Crippen LogP contribution in [0.25, 0.3) is 0 Å². The Bertz CT molecular complexity index is 820. The summed E-state index contributed by atoms with van der Waals surface area (Å²) in [6.07, 6.45) is -1.29. The van der Waals surface area contributed by atoms with Crippen molar-refractivity contribution in [1.29, 1.82) is 0 Å². The summed E-state index contributed by atoms with van der Waals surface area (Å²) in [5.41, 5.74) is 0.715. The van der Waals surface area contributed by atoms with Gasteiger partial charge in [0, 0.05) is 14.1 Å². The monoisotopic (exact) mass is 378 g/mol. The molecule has 10 heteroatoms. The predicted molar refractivity (Wildman–Crippen MR) is 88.9 cm³/mol. The van der Waals surface area contributed by atoms with Crippen molar-refractivity contribution < 1.29 is 26.7 Å². The largest absolute Gasteiger partial charge is 0.495 e. The average Bonchev–Trinajstić information content (AvgIpc) is 2.71. The number of rotatable bonds is 5. The van der Waals surface area contributed by atoms with E-state index in [-0.39, 0.29) is 10.6 Å². The molecule has 0 amide bonds. The van der Waals surface area contributed by atoms with E-state index < -0.39 is 43.5 Å². The lowest BCUT2D eigenvalue weighted by molar-refractivity contribution is 0.0270. The lowest BCUT2D eigenvalue weighted by Gasteiger charge is -2.34. The Morgan fingerprint density at radius 2 is 1.88 bits per heavy atom. The number of aryl methyl sites for hydroxylation is 1. The highest BCUT2D eigenvalue weighted by Gasteiger charge is 2.46. The average molecular weight is 378 g/mol. The van der Waals surface area contributed by atoms with Crippen LogP contribution in [0.4, 0.5) is 0 Å². The minimum atomic E-state index is -4.12. The zero-order chi connectivity index (χ0) is 18.3. The van der Waals surface area contributed by atoms with E-state index in [9.17, 15) is 21.9 Å². The fourth-order valence-electron chi connectivity index (χ4n) is 2.80. The second kappa shape index (κ2) is 6.60. The number of aliphatic hydroxyl groups excluding tert-OH is 1. The van der Waals surface area contributed by atoms with Gasteiger partial charge < -0.3 is 9.84 Å². The topological polar surface area (TPSA) is 104 Å². The Labute approximate surface area is 142 Å². The smallest absolute Gasteiger partial charge is 0.260 e. The van der Waals surface area contributed by atoms with Crippen LogP contribution in [0.5, 0.6) is 5.75 Å². The van der Waals surface area contributed by atoms with Crippen LogP contribution in [-0.2, 0) is 19.9 Å². The molecule has 8 nitrogen and oxygen atoms in total. The highest BCUT2D eigenvalue weighted by atomic mass is 32.2. The van der Waals surface area contributed by atoms with Crippen molar-refractivity contribution in [2.24, 2.45) is 0 Å². The van der Waals surface area contributed by atoms with E-state index in [1.54, 1.807) is 13.0 Å². The molecule has 1 N–H and O–H groups in total. The van der Waals surface area contributed by atoms with E-state index in [1.165, 1.54) is 38.3 Å². The molecule has 0 aliphatic carbocycles. The minimum absolute atomic E-state index is 0.0739. The van der Waals surface area contributed by atoms with Gasteiger partial charge in [0.25, 0.3) is 10.0 Å². The van der Waals surface area contributed by atoms with Gasteiger partial charge in [-0.15, -0.1) is 4.41 Å². The molecule has 0 saturated carbocycles. The first kappa shape index (κ1) is 19.1. The molecule has 1 saturated heterocycles. The van der Waals surface area contributed by atoms with Gasteiger partial charge in [0.15, 0.2) is 9.84 Å². The second-order valence-electron chi connectivity index (χ2n) is 5.99. The van der Waals surface area contributed by atoms with Crippen molar-refractivity contribution in [1.82, 2.24) is 9.42 Å². The molecule has 2 atom stereocenters. The van der Waals surface area contributed by atoms with E-state index in [1.807, 2.05) is 0 Å². The van der Waals surface area contributed by atoms with Gasteiger partial charge in [-0.1, -0.05) is 6.07 Å². The number of hydrogen-bond acceptors (Lipinski definition) is 7. The Kier molecular flexibility index (Phi) is 5.26. The molecule has 0 unspecified atom stereocenters. The molecule has 1 aliphatic heterocycles. The van der Waals surface area contributed by atoms with Crippen LogP contribution >= 0.6 is 0 Å². The van der Waals surface area contributed by atoms with Crippen molar-refractivity contribution in [3.05, 3.63) is 23.8 Å². The maximum Gasteiger partial charge on any atom is 0.260 e. The van der Waals surface area contributed by atoms with E-state index in [0.717, 1.165) is 4.41 Å². The summed E-state index contributed by atoms with van der Waals surface area (Å²) in [6.45, 7) is 1.74. The number of hydrazine groups is 1. The van der Waals surface area contributed by atoms with Gasteiger partial charge in [0.05, 0.1) is 30.8 Å². The maximum absolute atomic E-state index is 13.1. The first-order valence-electron chi connectivity index (χ1n) is 7.24. The summed E-state index contributed by atoms with van der Waals surface area (Å²) >= 11 is 0. The molecule has 1 heterocycles. The molecule has 0 aromatic heterocycles. The lowest BCUT2D eigenvalue weighted by atomic mass is 10.2. The third-order valence-electron chi connectivity index (χ3n) is 3.81. The van der Waals surface area contributed by atoms with Crippen LogP contribution in [0, 0.1) is 6.92 Å². The summed E-state index contributed by atoms with van der Waals surface area (Å²) < 4.78 is 55.9. The quantitative estimate of drug-likeness (QED) is 0.697. The SMILES string of the molecule is COc1ccc(C)cc1S(=O)(=O)N([C@H]1CS(=O)(=O)C[C@H]1O)N(C)C. The molecule has 1 aromatic rings. The minimum Gasteiger partial charge on any atom is -0.495 e. The zero-order valence-corrected chi connectivity index (χ0v) is 15.6. The number of methoxy groups -OCH3 is 1. The first-order valence-corrected chi connectivity index (χ1v) is 10.5. The molecule has 0 bridgehead atoms. The third kappa shape index (κ3) is 3.57. The number of hydrogen-bond donors (Lipinski definition) is 1. The van der Waals surface area contributed by atoms with E-state index in [4.69, 9.17) is 4.74 Å². The van der Waals surface area contributed by atoms with Crippen LogP contribution in [0.3, 0.4) is 0 Å². The first-order chi connectivity index (χ1) is 11.0. The van der Waals surface area contributed by atoms with Gasteiger partial charge in [-0.25, -0.2) is 21.8 Å². The highest BCUT2D eigenvalue weighted by Crippen LogP contribution is 2.31. The predicted octanol–water partition coefficient (Wildman–Crippen LogP) is -0.371. The molecule has 24 heavy (non-hydrogen) atoms. The summed E-state index contributed by atoms with van der Waals surface area (Å²) in [5, 5.41) is 11.4. The number of sulfone groups is 1. The molecule has 1 aliphatic rings. The van der Waals surface area contributed by atoms with Gasteiger partial charge in [0.2, 0.25) is 0 Å². The summed E-state index contributed by atoms with van der Waals surface area (Å²) in [7, 11) is -3.30. The molecular weight excluding hydrogens is 356 g/mol. The molecule has 2 rings (SSSR count). The summed E-state index contributed by atoms with van der Waals surface area (Å²) in [4.78, 5) is -0.0739. The molecule has 1 fully saturated rings. The highest BCUT2D eigenvalue weighted by molar-refractivity contribution is 7.92. The van der Waals surface area contributed by atoms with Crippen molar-refractivity contribution >= 4 is 19.9 Å². The summed E-state index contributed by atoms with van der Waals surface area (Å²) in [5.74, 6) is -0.731. The van der Waals surface area contributed by atoms with Crippen LogP contribution in [0.2, 0.25) is 0 Å². The lowest BCUT2D eigenvalue weighted by Crippen LogP contribution is -2.53. The maximum atomic E-state index is 13.1. The van der Waals surface area contributed by atoms with E-state index in [2.05, 4.69) is 0 Å². The Morgan fingerprint density at radius 3 is 2.33 bits per heavy atom. The van der Waals surface area contributed by atoms with Gasteiger partial charge in [-0.05, 0) is 24.6 Å². The fraction of sp³-hybridized carbons (Fsp3) is 0.571. The number of nitrogens with zero attached hydrogens (tertiary/aromatic N) is 2. The van der Waals surface area contributed by atoms with Gasteiger partial charge in [0.1, 0.15) is 10.6 Å². The van der Waals surface area contributed by atoms with Crippen molar-refractivity contribution in [3.63, 3.8) is 0 Å². The standard InChI is InChI=1S/C14H22N2O6S2/c1-10-5-6-13(22-4)14(7-10)24(20,21)16(15(2)3)11-8-23(18,19)9-12(11)17/h5-7,11-12,17H,8-9H2,1-4H3/t11-,12+/m0/s1. The molecule has 0 spiro atoms. The molecule has 0 radical (unpaired) electrons. The zero-order valence-electron chi connectivity index (χ0n) is 14.0.